The molecule has 2 N–H and O–H groups in total. The maximum atomic E-state index is 12.7. The Bertz CT molecular complexity index is 469. The number of carbonyl (C=O) groups excluding carboxylic acids is 1. The largest absolute Gasteiger partial charge is 0.496 e. The minimum absolute atomic E-state index is 0.0000463. The molecule has 2 aliphatic rings. The SMILES string of the molecule is COc1ccccc1C(=O)C1C2CCC(C2)C1N. The van der Waals surface area contributed by atoms with Crippen molar-refractivity contribution >= 4 is 5.78 Å². The van der Waals surface area contributed by atoms with Crippen molar-refractivity contribution in [2.45, 2.75) is 25.3 Å². The van der Waals surface area contributed by atoms with Gasteiger partial charge in [0.2, 0.25) is 0 Å². The molecular formula is C15H19NO2. The molecule has 0 amide bonds. The number of hydrogen-bond acceptors (Lipinski definition) is 3. The van der Waals surface area contributed by atoms with Crippen LogP contribution in [0.2, 0.25) is 0 Å². The van der Waals surface area contributed by atoms with Crippen LogP contribution in [-0.4, -0.2) is 18.9 Å². The maximum absolute atomic E-state index is 12.7. The molecule has 0 radical (unpaired) electrons. The minimum atomic E-state index is 0.0000463. The van der Waals surface area contributed by atoms with Crippen LogP contribution >= 0.6 is 0 Å². The fourth-order valence-electron chi connectivity index (χ4n) is 3.75. The fourth-order valence-corrected chi connectivity index (χ4v) is 3.75. The molecule has 2 saturated carbocycles. The number of ether oxygens (including phenoxy) is 1. The van der Waals surface area contributed by atoms with Crippen LogP contribution in [-0.2, 0) is 0 Å². The molecular weight excluding hydrogens is 226 g/mol. The topological polar surface area (TPSA) is 52.3 Å². The Kier molecular flexibility index (Phi) is 2.86. The molecule has 3 rings (SSSR count). The Labute approximate surface area is 107 Å². The Hall–Kier alpha value is -1.35. The van der Waals surface area contributed by atoms with E-state index >= 15 is 0 Å². The van der Waals surface area contributed by atoms with Gasteiger partial charge in [-0.15, -0.1) is 0 Å². The lowest BCUT2D eigenvalue weighted by Crippen LogP contribution is -2.40. The summed E-state index contributed by atoms with van der Waals surface area (Å²) in [6.07, 6.45) is 3.48. The predicted molar refractivity (Wildman–Crippen MR) is 69.6 cm³/mol. The van der Waals surface area contributed by atoms with E-state index in [-0.39, 0.29) is 17.7 Å². The molecule has 1 aromatic rings. The second kappa shape index (κ2) is 4.39. The van der Waals surface area contributed by atoms with E-state index in [2.05, 4.69) is 0 Å². The van der Waals surface area contributed by atoms with Gasteiger partial charge in [-0.1, -0.05) is 12.1 Å². The van der Waals surface area contributed by atoms with Gasteiger partial charge in [0.1, 0.15) is 5.75 Å². The van der Waals surface area contributed by atoms with Gasteiger partial charge in [0, 0.05) is 12.0 Å². The van der Waals surface area contributed by atoms with Crippen LogP contribution in [0.15, 0.2) is 24.3 Å². The average Bonchev–Trinajstić information content (AvgIpc) is 2.98. The smallest absolute Gasteiger partial charge is 0.171 e. The standard InChI is InChI=1S/C15H19NO2/c1-18-12-5-3-2-4-11(12)15(17)13-9-6-7-10(8-9)14(13)16/h2-5,9-10,13-14H,6-8,16H2,1H3. The van der Waals surface area contributed by atoms with Gasteiger partial charge in [0.25, 0.3) is 0 Å². The highest BCUT2D eigenvalue weighted by molar-refractivity contribution is 6.01. The summed E-state index contributed by atoms with van der Waals surface area (Å²) in [6, 6.07) is 7.50. The maximum Gasteiger partial charge on any atom is 0.171 e. The number of fused-ring (bicyclic) bond motifs is 2. The molecule has 1 aromatic carbocycles. The summed E-state index contributed by atoms with van der Waals surface area (Å²) in [5.41, 5.74) is 6.92. The zero-order valence-electron chi connectivity index (χ0n) is 10.6. The van der Waals surface area contributed by atoms with Crippen molar-refractivity contribution in [1.82, 2.24) is 0 Å². The van der Waals surface area contributed by atoms with Crippen molar-refractivity contribution in [3.8, 4) is 5.75 Å². The monoisotopic (exact) mass is 245 g/mol. The number of nitrogens with two attached hydrogens (primary N) is 1. The number of ketones is 1. The van der Waals surface area contributed by atoms with Gasteiger partial charge >= 0.3 is 0 Å². The number of para-hydroxylation sites is 1. The van der Waals surface area contributed by atoms with Gasteiger partial charge < -0.3 is 10.5 Å². The van der Waals surface area contributed by atoms with E-state index in [1.165, 1.54) is 6.42 Å². The van der Waals surface area contributed by atoms with Crippen molar-refractivity contribution in [2.75, 3.05) is 7.11 Å². The van der Waals surface area contributed by atoms with E-state index in [1.807, 2.05) is 24.3 Å². The van der Waals surface area contributed by atoms with Crippen LogP contribution < -0.4 is 10.5 Å². The van der Waals surface area contributed by atoms with Crippen molar-refractivity contribution in [3.05, 3.63) is 29.8 Å². The third kappa shape index (κ3) is 1.65. The molecule has 0 heterocycles. The van der Waals surface area contributed by atoms with E-state index in [0.29, 0.717) is 23.1 Å². The molecule has 0 aliphatic heterocycles. The minimum Gasteiger partial charge on any atom is -0.496 e. The predicted octanol–water partition coefficient (Wildman–Crippen LogP) is 2.25. The molecule has 2 aliphatic carbocycles. The summed E-state index contributed by atoms with van der Waals surface area (Å²) < 4.78 is 5.28. The molecule has 2 bridgehead atoms. The van der Waals surface area contributed by atoms with E-state index < -0.39 is 0 Å². The Morgan fingerprint density at radius 2 is 2.00 bits per heavy atom. The van der Waals surface area contributed by atoms with Gasteiger partial charge in [-0.25, -0.2) is 0 Å². The Morgan fingerprint density at radius 3 is 2.67 bits per heavy atom. The zero-order chi connectivity index (χ0) is 12.7. The van der Waals surface area contributed by atoms with Crippen LogP contribution in [0.4, 0.5) is 0 Å². The highest BCUT2D eigenvalue weighted by Gasteiger charge is 2.49. The van der Waals surface area contributed by atoms with Crippen LogP contribution in [0.3, 0.4) is 0 Å². The van der Waals surface area contributed by atoms with Crippen molar-refractivity contribution in [2.24, 2.45) is 23.5 Å². The fraction of sp³-hybridized carbons (Fsp3) is 0.533. The first-order chi connectivity index (χ1) is 8.72. The summed E-state index contributed by atoms with van der Waals surface area (Å²) in [5, 5.41) is 0. The molecule has 0 spiro atoms. The summed E-state index contributed by atoms with van der Waals surface area (Å²) in [7, 11) is 1.60. The zero-order valence-corrected chi connectivity index (χ0v) is 10.6. The number of benzene rings is 1. The van der Waals surface area contributed by atoms with E-state index in [4.69, 9.17) is 10.5 Å². The summed E-state index contributed by atoms with van der Waals surface area (Å²) in [6.45, 7) is 0. The first-order valence-electron chi connectivity index (χ1n) is 6.65. The van der Waals surface area contributed by atoms with Crippen LogP contribution in [0.25, 0.3) is 0 Å². The molecule has 18 heavy (non-hydrogen) atoms. The van der Waals surface area contributed by atoms with E-state index in [0.717, 1.165) is 12.8 Å². The molecule has 3 heteroatoms. The lowest BCUT2D eigenvalue weighted by atomic mass is 9.80. The van der Waals surface area contributed by atoms with E-state index in [9.17, 15) is 4.79 Å². The molecule has 0 saturated heterocycles. The van der Waals surface area contributed by atoms with Crippen molar-refractivity contribution in [3.63, 3.8) is 0 Å². The molecule has 4 unspecified atom stereocenters. The number of hydrogen-bond donors (Lipinski definition) is 1. The summed E-state index contributed by atoms with van der Waals surface area (Å²) >= 11 is 0. The van der Waals surface area contributed by atoms with Crippen LogP contribution in [0.1, 0.15) is 29.6 Å². The highest BCUT2D eigenvalue weighted by atomic mass is 16.5. The van der Waals surface area contributed by atoms with Crippen LogP contribution in [0.5, 0.6) is 5.75 Å². The van der Waals surface area contributed by atoms with Gasteiger partial charge in [-0.2, -0.15) is 0 Å². The molecule has 0 aromatic heterocycles. The Balaban J connectivity index is 1.91. The lowest BCUT2D eigenvalue weighted by Gasteiger charge is -2.27. The van der Waals surface area contributed by atoms with Crippen LogP contribution in [0, 0.1) is 17.8 Å². The molecule has 2 fully saturated rings. The van der Waals surface area contributed by atoms with Gasteiger partial charge in [0.05, 0.1) is 12.7 Å². The second-order valence-corrected chi connectivity index (χ2v) is 5.50. The van der Waals surface area contributed by atoms with Gasteiger partial charge in [0.15, 0.2) is 5.78 Å². The summed E-state index contributed by atoms with van der Waals surface area (Å²) in [5.74, 6) is 1.88. The highest BCUT2D eigenvalue weighted by Crippen LogP contribution is 2.49. The van der Waals surface area contributed by atoms with Gasteiger partial charge in [-0.05, 0) is 43.2 Å². The number of rotatable bonds is 3. The number of Topliss-reactive ketones (excluding diaryl/α,β-unsaturated/α-hetero) is 1. The first kappa shape index (κ1) is 11.7. The third-order valence-corrected chi connectivity index (χ3v) is 4.66. The lowest BCUT2D eigenvalue weighted by molar-refractivity contribution is 0.0853. The normalized spacial score (nSPS) is 33.7. The summed E-state index contributed by atoms with van der Waals surface area (Å²) in [4.78, 5) is 12.7. The van der Waals surface area contributed by atoms with Crippen molar-refractivity contribution < 1.29 is 9.53 Å². The average molecular weight is 245 g/mol. The number of carbonyl (C=O) groups is 1. The number of methoxy groups -OCH3 is 1. The molecule has 4 atom stereocenters. The Morgan fingerprint density at radius 1 is 1.28 bits per heavy atom. The van der Waals surface area contributed by atoms with Crippen molar-refractivity contribution in [1.29, 1.82) is 0 Å². The van der Waals surface area contributed by atoms with E-state index in [1.54, 1.807) is 7.11 Å². The molecule has 96 valence electrons. The second-order valence-electron chi connectivity index (χ2n) is 5.50. The molecule has 3 nitrogen and oxygen atoms in total. The quantitative estimate of drug-likeness (QED) is 0.831. The van der Waals surface area contributed by atoms with Gasteiger partial charge in [-0.3, -0.25) is 4.79 Å². The third-order valence-electron chi connectivity index (χ3n) is 4.66. The first-order valence-corrected chi connectivity index (χ1v) is 6.65.